The number of benzene rings is 2. The second-order valence-electron chi connectivity index (χ2n) is 9.71. The van der Waals surface area contributed by atoms with E-state index in [1.807, 2.05) is 12.1 Å². The summed E-state index contributed by atoms with van der Waals surface area (Å²) in [6.45, 7) is 1.79. The first-order chi connectivity index (χ1) is 18.3. The summed E-state index contributed by atoms with van der Waals surface area (Å²) in [4.78, 5) is 14.5. The zero-order valence-corrected chi connectivity index (χ0v) is 23.3. The van der Waals surface area contributed by atoms with Gasteiger partial charge in [0.05, 0.1) is 27.4 Å². The zero-order chi connectivity index (χ0) is 26.7. The van der Waals surface area contributed by atoms with E-state index in [-0.39, 0.29) is 39.1 Å². The van der Waals surface area contributed by atoms with Gasteiger partial charge in [-0.3, -0.25) is 9.52 Å². The van der Waals surface area contributed by atoms with Crippen LogP contribution in [0, 0.1) is 0 Å². The van der Waals surface area contributed by atoms with Gasteiger partial charge >= 0.3 is 0 Å². The highest BCUT2D eigenvalue weighted by Gasteiger charge is 2.50. The molecule has 2 heterocycles. The molecule has 2 aromatic carbocycles. The summed E-state index contributed by atoms with van der Waals surface area (Å²) < 4.78 is 52.9. The number of carbonyl (C=O) groups excluding carboxylic acids is 1. The number of hydrogen-bond acceptors (Lipinski definition) is 8. The van der Waals surface area contributed by atoms with Crippen LogP contribution in [0.2, 0.25) is 0 Å². The number of nitrogens with one attached hydrogen (secondary N) is 1. The number of anilines is 1. The SMILES string of the molecule is COc1cc(C(=O)N2CCOCC2)cc(OC)c1S(=O)(=O)Nc1noc2c1CC1(CC1)c1ccc(Br)cc1-2. The van der Waals surface area contributed by atoms with Crippen molar-refractivity contribution in [1.29, 1.82) is 0 Å². The summed E-state index contributed by atoms with van der Waals surface area (Å²) >= 11 is 3.52. The first-order valence-corrected chi connectivity index (χ1v) is 14.5. The normalized spacial score (nSPS) is 17.5. The van der Waals surface area contributed by atoms with Gasteiger partial charge < -0.3 is 23.6 Å². The summed E-state index contributed by atoms with van der Waals surface area (Å²) in [5.74, 6) is 0.404. The Hall–Kier alpha value is -3.09. The third-order valence-electron chi connectivity index (χ3n) is 7.46. The number of methoxy groups -OCH3 is 2. The monoisotopic (exact) mass is 603 g/mol. The first kappa shape index (κ1) is 25.2. The number of rotatable bonds is 6. The first-order valence-electron chi connectivity index (χ1n) is 12.2. The Bertz CT molecular complexity index is 1520. The molecule has 2 aliphatic carbocycles. The van der Waals surface area contributed by atoms with E-state index in [2.05, 4.69) is 31.9 Å². The third-order valence-corrected chi connectivity index (χ3v) is 9.36. The van der Waals surface area contributed by atoms with Crippen molar-refractivity contribution in [3.05, 3.63) is 51.5 Å². The summed E-state index contributed by atoms with van der Waals surface area (Å²) in [6, 6.07) is 8.92. The van der Waals surface area contributed by atoms with Crippen LogP contribution in [0.3, 0.4) is 0 Å². The van der Waals surface area contributed by atoms with Crippen molar-refractivity contribution in [3.63, 3.8) is 0 Å². The lowest BCUT2D eigenvalue weighted by atomic mass is 9.79. The van der Waals surface area contributed by atoms with E-state index >= 15 is 0 Å². The average molecular weight is 604 g/mol. The molecule has 3 aliphatic rings. The summed E-state index contributed by atoms with van der Waals surface area (Å²) in [5, 5.41) is 4.11. The van der Waals surface area contributed by atoms with Crippen LogP contribution in [0.25, 0.3) is 11.3 Å². The Morgan fingerprint density at radius 1 is 1.11 bits per heavy atom. The van der Waals surface area contributed by atoms with E-state index in [1.165, 1.54) is 31.9 Å². The number of nitrogens with zero attached hydrogens (tertiary/aromatic N) is 2. The molecule has 1 amide bonds. The van der Waals surface area contributed by atoms with Gasteiger partial charge in [0.25, 0.3) is 15.9 Å². The zero-order valence-electron chi connectivity index (χ0n) is 20.9. The molecule has 1 saturated heterocycles. The molecule has 1 aliphatic heterocycles. The second-order valence-corrected chi connectivity index (χ2v) is 12.2. The molecule has 0 atom stereocenters. The predicted molar refractivity (Wildman–Crippen MR) is 141 cm³/mol. The van der Waals surface area contributed by atoms with E-state index in [1.54, 1.807) is 4.90 Å². The Labute approximate surface area is 228 Å². The van der Waals surface area contributed by atoms with Crippen LogP contribution in [0.4, 0.5) is 5.82 Å². The smallest absolute Gasteiger partial charge is 0.270 e. The number of morpholine rings is 1. The van der Waals surface area contributed by atoms with Gasteiger partial charge in [-0.05, 0) is 49.1 Å². The molecule has 200 valence electrons. The predicted octanol–water partition coefficient (Wildman–Crippen LogP) is 3.98. The molecule has 1 aromatic heterocycles. The van der Waals surface area contributed by atoms with E-state index in [0.29, 0.717) is 44.0 Å². The van der Waals surface area contributed by atoms with Crippen LogP contribution in [0.15, 0.2) is 44.2 Å². The number of sulfonamides is 1. The number of fused-ring (bicyclic) bond motifs is 4. The van der Waals surface area contributed by atoms with Gasteiger partial charge in [0.2, 0.25) is 0 Å². The number of carbonyl (C=O) groups is 1. The van der Waals surface area contributed by atoms with Gasteiger partial charge in [-0.15, -0.1) is 0 Å². The maximum Gasteiger partial charge on any atom is 0.270 e. The maximum atomic E-state index is 13.7. The van der Waals surface area contributed by atoms with Gasteiger partial charge in [0.15, 0.2) is 16.5 Å². The van der Waals surface area contributed by atoms with Crippen molar-refractivity contribution in [2.75, 3.05) is 45.2 Å². The summed E-state index contributed by atoms with van der Waals surface area (Å²) in [5.41, 5.74) is 3.05. The Morgan fingerprint density at radius 2 is 1.79 bits per heavy atom. The number of ether oxygens (including phenoxy) is 3. The molecule has 0 unspecified atom stereocenters. The summed E-state index contributed by atoms with van der Waals surface area (Å²) in [7, 11) is -1.55. The number of amides is 1. The van der Waals surface area contributed by atoms with Crippen LogP contribution in [0.5, 0.6) is 11.5 Å². The summed E-state index contributed by atoms with van der Waals surface area (Å²) in [6.07, 6.45) is 2.65. The molecule has 3 aromatic rings. The molecule has 1 spiro atoms. The molecule has 1 saturated carbocycles. The van der Waals surface area contributed by atoms with E-state index in [0.717, 1.165) is 22.9 Å². The van der Waals surface area contributed by atoms with E-state index in [9.17, 15) is 13.2 Å². The van der Waals surface area contributed by atoms with Gasteiger partial charge in [-0.1, -0.05) is 27.2 Å². The number of aromatic nitrogens is 1. The lowest BCUT2D eigenvalue weighted by molar-refractivity contribution is 0.0302. The van der Waals surface area contributed by atoms with E-state index < -0.39 is 10.0 Å². The van der Waals surface area contributed by atoms with E-state index in [4.69, 9.17) is 18.7 Å². The molecular formula is C26H26BrN3O7S. The Morgan fingerprint density at radius 3 is 2.42 bits per heavy atom. The minimum absolute atomic E-state index is 0.0150. The number of halogens is 1. The molecule has 0 radical (unpaired) electrons. The van der Waals surface area contributed by atoms with Gasteiger partial charge in [-0.25, -0.2) is 8.42 Å². The topological polar surface area (TPSA) is 120 Å². The molecule has 1 N–H and O–H groups in total. The molecular weight excluding hydrogens is 578 g/mol. The van der Waals surface area contributed by atoms with Crippen molar-refractivity contribution in [3.8, 4) is 22.8 Å². The highest BCUT2D eigenvalue weighted by atomic mass is 79.9. The Balaban J connectivity index is 1.37. The minimum atomic E-state index is -4.25. The fraction of sp³-hybridized carbons (Fsp3) is 0.385. The fourth-order valence-electron chi connectivity index (χ4n) is 5.36. The largest absolute Gasteiger partial charge is 0.495 e. The van der Waals surface area contributed by atoms with Crippen molar-refractivity contribution < 1.29 is 31.9 Å². The second kappa shape index (κ2) is 9.28. The van der Waals surface area contributed by atoms with Gasteiger partial charge in [0, 0.05) is 39.7 Å². The van der Waals surface area contributed by atoms with Crippen molar-refractivity contribution in [2.45, 2.75) is 29.6 Å². The molecule has 0 bridgehead atoms. The minimum Gasteiger partial charge on any atom is -0.495 e. The van der Waals surface area contributed by atoms with Crippen LogP contribution in [0.1, 0.15) is 34.3 Å². The standard InChI is InChI=1S/C26H26BrN3O7S/c1-34-20-11-15(25(31)30-7-9-36-10-8-30)12-21(35-2)23(20)38(32,33)29-24-18-14-26(5-6-26)19-4-3-16(27)13-17(19)22(18)37-28-24/h3-4,11-13H,5-10,14H2,1-2H3,(H,28,29). The Kier molecular flexibility index (Phi) is 6.15. The van der Waals surface area contributed by atoms with Gasteiger partial charge in [-0.2, -0.15) is 0 Å². The fourth-order valence-corrected chi connectivity index (χ4v) is 7.05. The van der Waals surface area contributed by atoms with Crippen LogP contribution in [-0.4, -0.2) is 64.9 Å². The molecule has 38 heavy (non-hydrogen) atoms. The quantitative estimate of drug-likeness (QED) is 0.449. The lowest BCUT2D eigenvalue weighted by Crippen LogP contribution is -2.40. The van der Waals surface area contributed by atoms with Crippen LogP contribution >= 0.6 is 15.9 Å². The molecule has 6 rings (SSSR count). The van der Waals surface area contributed by atoms with Crippen molar-refractivity contribution in [1.82, 2.24) is 10.1 Å². The van der Waals surface area contributed by atoms with Crippen molar-refractivity contribution >= 4 is 37.7 Å². The highest BCUT2D eigenvalue weighted by molar-refractivity contribution is 9.10. The van der Waals surface area contributed by atoms with Crippen LogP contribution < -0.4 is 14.2 Å². The molecule has 2 fully saturated rings. The van der Waals surface area contributed by atoms with Gasteiger partial charge in [0.1, 0.15) is 11.5 Å². The molecule has 12 heteroatoms. The average Bonchev–Trinajstić information content (AvgIpc) is 3.59. The number of hydrogen-bond donors (Lipinski definition) is 1. The lowest BCUT2D eigenvalue weighted by Gasteiger charge is -2.27. The highest BCUT2D eigenvalue weighted by Crippen LogP contribution is 2.58. The molecule has 10 nitrogen and oxygen atoms in total. The third kappa shape index (κ3) is 4.15. The van der Waals surface area contributed by atoms with Crippen LogP contribution in [-0.2, 0) is 26.6 Å². The van der Waals surface area contributed by atoms with Crippen molar-refractivity contribution in [2.24, 2.45) is 0 Å². The maximum absolute atomic E-state index is 13.7.